The smallest absolute Gasteiger partial charge is 0.311 e. The van der Waals surface area contributed by atoms with E-state index >= 15 is 0 Å². The van der Waals surface area contributed by atoms with Crippen molar-refractivity contribution in [3.05, 3.63) is 57.6 Å². The molecule has 0 aliphatic carbocycles. The molecule has 0 radical (unpaired) electrons. The largest absolute Gasteiger partial charge is 0.490 e. The maximum atomic E-state index is 12.3. The molecule has 0 atom stereocenters. The van der Waals surface area contributed by atoms with Crippen molar-refractivity contribution >= 4 is 17.3 Å². The SMILES string of the molecule is COc1ccc(/C(C)=N/NC(=O)c2ccc3c(c2)OCCO3)cc1[N+](=O)[O-]. The molecule has 3 rings (SSSR count). The number of nitrogens with zero attached hydrogens (tertiary/aromatic N) is 2. The van der Waals surface area contributed by atoms with E-state index in [4.69, 9.17) is 14.2 Å². The lowest BCUT2D eigenvalue weighted by atomic mass is 10.1. The van der Waals surface area contributed by atoms with Crippen molar-refractivity contribution in [1.29, 1.82) is 0 Å². The first kappa shape index (κ1) is 18.2. The van der Waals surface area contributed by atoms with Crippen LogP contribution in [0.1, 0.15) is 22.8 Å². The third-order valence-electron chi connectivity index (χ3n) is 3.92. The van der Waals surface area contributed by atoms with E-state index in [1.165, 1.54) is 19.2 Å². The number of nitro groups is 1. The van der Waals surface area contributed by atoms with E-state index in [-0.39, 0.29) is 11.4 Å². The van der Waals surface area contributed by atoms with Gasteiger partial charge in [0.05, 0.1) is 17.7 Å². The van der Waals surface area contributed by atoms with Crippen LogP contribution in [0.25, 0.3) is 0 Å². The van der Waals surface area contributed by atoms with Crippen LogP contribution in [-0.4, -0.2) is 36.9 Å². The number of methoxy groups -OCH3 is 1. The Morgan fingerprint density at radius 1 is 1.15 bits per heavy atom. The first-order chi connectivity index (χ1) is 13.0. The minimum atomic E-state index is -0.538. The molecule has 1 aliphatic rings. The summed E-state index contributed by atoms with van der Waals surface area (Å²) in [4.78, 5) is 22.9. The molecule has 1 heterocycles. The van der Waals surface area contributed by atoms with Gasteiger partial charge < -0.3 is 14.2 Å². The zero-order valence-electron chi connectivity index (χ0n) is 14.7. The maximum Gasteiger partial charge on any atom is 0.311 e. The summed E-state index contributed by atoms with van der Waals surface area (Å²) in [6, 6.07) is 9.29. The van der Waals surface area contributed by atoms with Gasteiger partial charge in [0.1, 0.15) is 13.2 Å². The monoisotopic (exact) mass is 371 g/mol. The molecule has 0 bridgehead atoms. The van der Waals surface area contributed by atoms with E-state index < -0.39 is 10.8 Å². The Morgan fingerprint density at radius 2 is 1.85 bits per heavy atom. The zero-order chi connectivity index (χ0) is 19.4. The number of nitro benzene ring substituents is 1. The van der Waals surface area contributed by atoms with E-state index in [2.05, 4.69) is 10.5 Å². The van der Waals surface area contributed by atoms with Crippen LogP contribution in [0.2, 0.25) is 0 Å². The topological polar surface area (TPSA) is 112 Å². The summed E-state index contributed by atoms with van der Waals surface area (Å²) >= 11 is 0. The molecule has 2 aromatic carbocycles. The van der Waals surface area contributed by atoms with Crippen molar-refractivity contribution < 1.29 is 23.9 Å². The number of hydrogen-bond acceptors (Lipinski definition) is 7. The highest BCUT2D eigenvalue weighted by molar-refractivity contribution is 6.01. The average Bonchev–Trinajstić information content (AvgIpc) is 2.70. The van der Waals surface area contributed by atoms with Crippen LogP contribution in [0.3, 0.4) is 0 Å². The quantitative estimate of drug-likeness (QED) is 0.491. The number of benzene rings is 2. The van der Waals surface area contributed by atoms with Crippen molar-refractivity contribution in [2.75, 3.05) is 20.3 Å². The third kappa shape index (κ3) is 3.97. The molecule has 0 aromatic heterocycles. The molecule has 9 nitrogen and oxygen atoms in total. The van der Waals surface area contributed by atoms with Crippen molar-refractivity contribution in [1.82, 2.24) is 5.43 Å². The van der Waals surface area contributed by atoms with Gasteiger partial charge >= 0.3 is 5.69 Å². The number of fused-ring (bicyclic) bond motifs is 1. The maximum absolute atomic E-state index is 12.3. The second kappa shape index (κ2) is 7.73. The molecular formula is C18H17N3O6. The first-order valence-corrected chi connectivity index (χ1v) is 8.06. The van der Waals surface area contributed by atoms with E-state index in [0.717, 1.165) is 0 Å². The van der Waals surface area contributed by atoms with Gasteiger partial charge in [-0.15, -0.1) is 0 Å². The lowest BCUT2D eigenvalue weighted by Gasteiger charge is -2.18. The van der Waals surface area contributed by atoms with Crippen LogP contribution < -0.4 is 19.6 Å². The van der Waals surface area contributed by atoms with E-state index in [1.807, 2.05) is 0 Å². The zero-order valence-corrected chi connectivity index (χ0v) is 14.7. The molecule has 9 heteroatoms. The fourth-order valence-corrected chi connectivity index (χ4v) is 2.51. The summed E-state index contributed by atoms with van der Waals surface area (Å²) in [6.45, 7) is 2.53. The Labute approximate surface area is 154 Å². The van der Waals surface area contributed by atoms with Crippen molar-refractivity contribution in [3.8, 4) is 17.2 Å². The van der Waals surface area contributed by atoms with E-state index in [9.17, 15) is 14.9 Å². The van der Waals surface area contributed by atoms with Crippen LogP contribution in [0, 0.1) is 10.1 Å². The number of hydrogen-bond donors (Lipinski definition) is 1. The van der Waals surface area contributed by atoms with Gasteiger partial charge in [0.2, 0.25) is 0 Å². The fraction of sp³-hybridized carbons (Fsp3) is 0.222. The Bertz CT molecular complexity index is 925. The van der Waals surface area contributed by atoms with Gasteiger partial charge in [-0.25, -0.2) is 5.43 Å². The molecule has 0 saturated carbocycles. The second-order valence-electron chi connectivity index (χ2n) is 5.64. The average molecular weight is 371 g/mol. The molecule has 2 aromatic rings. The Kier molecular flexibility index (Phi) is 5.20. The number of carbonyl (C=O) groups is 1. The fourth-order valence-electron chi connectivity index (χ4n) is 2.51. The standard InChI is InChI=1S/C18H17N3O6/c1-11(12-3-5-15(25-2)14(9-12)21(23)24)19-20-18(22)13-4-6-16-17(10-13)27-8-7-26-16/h3-6,9-10H,7-8H2,1-2H3,(H,20,22)/b19-11+. The van der Waals surface area contributed by atoms with Crippen LogP contribution in [0.5, 0.6) is 17.2 Å². The summed E-state index contributed by atoms with van der Waals surface area (Å²) < 4.78 is 15.8. The van der Waals surface area contributed by atoms with Gasteiger partial charge in [-0.1, -0.05) is 0 Å². The summed E-state index contributed by atoms with van der Waals surface area (Å²) in [5.74, 6) is 0.801. The second-order valence-corrected chi connectivity index (χ2v) is 5.64. The highest BCUT2D eigenvalue weighted by atomic mass is 16.6. The minimum Gasteiger partial charge on any atom is -0.490 e. The van der Waals surface area contributed by atoms with Crippen molar-refractivity contribution in [3.63, 3.8) is 0 Å². The molecule has 0 fully saturated rings. The van der Waals surface area contributed by atoms with Gasteiger partial charge in [-0.2, -0.15) is 5.10 Å². The van der Waals surface area contributed by atoms with Crippen LogP contribution >= 0.6 is 0 Å². The summed E-state index contributed by atoms with van der Waals surface area (Å²) in [5.41, 5.74) is 3.51. The molecule has 1 amide bonds. The highest BCUT2D eigenvalue weighted by Crippen LogP contribution is 2.31. The van der Waals surface area contributed by atoms with Gasteiger partial charge in [0.25, 0.3) is 5.91 Å². The van der Waals surface area contributed by atoms with Gasteiger partial charge in [-0.05, 0) is 37.3 Å². The Hall–Kier alpha value is -3.62. The number of carbonyl (C=O) groups excluding carboxylic acids is 1. The molecule has 0 spiro atoms. The molecular weight excluding hydrogens is 354 g/mol. The molecule has 0 saturated heterocycles. The van der Waals surface area contributed by atoms with E-state index in [0.29, 0.717) is 41.6 Å². The summed E-state index contributed by atoms with van der Waals surface area (Å²) in [5, 5.41) is 15.1. The normalized spacial score (nSPS) is 13.0. The predicted molar refractivity (Wildman–Crippen MR) is 96.8 cm³/mol. The lowest BCUT2D eigenvalue weighted by Crippen LogP contribution is -2.20. The highest BCUT2D eigenvalue weighted by Gasteiger charge is 2.17. The summed E-state index contributed by atoms with van der Waals surface area (Å²) in [6.07, 6.45) is 0. The van der Waals surface area contributed by atoms with E-state index in [1.54, 1.807) is 31.2 Å². The van der Waals surface area contributed by atoms with Crippen LogP contribution in [0.15, 0.2) is 41.5 Å². The number of hydrazone groups is 1. The molecule has 1 N–H and O–H groups in total. The van der Waals surface area contributed by atoms with Crippen molar-refractivity contribution in [2.45, 2.75) is 6.92 Å². The third-order valence-corrected chi connectivity index (χ3v) is 3.92. The Morgan fingerprint density at radius 3 is 2.56 bits per heavy atom. The first-order valence-electron chi connectivity index (χ1n) is 8.06. The van der Waals surface area contributed by atoms with Crippen LogP contribution in [0.4, 0.5) is 5.69 Å². The van der Waals surface area contributed by atoms with Gasteiger partial charge in [0.15, 0.2) is 17.2 Å². The number of rotatable bonds is 5. The van der Waals surface area contributed by atoms with Crippen molar-refractivity contribution in [2.24, 2.45) is 5.10 Å². The molecule has 0 unspecified atom stereocenters. The summed E-state index contributed by atoms with van der Waals surface area (Å²) in [7, 11) is 1.36. The van der Waals surface area contributed by atoms with Gasteiger partial charge in [-0.3, -0.25) is 14.9 Å². The number of nitrogens with one attached hydrogen (secondary N) is 1. The van der Waals surface area contributed by atoms with Crippen LogP contribution in [-0.2, 0) is 0 Å². The molecule has 1 aliphatic heterocycles. The lowest BCUT2D eigenvalue weighted by molar-refractivity contribution is -0.385. The molecule has 27 heavy (non-hydrogen) atoms. The predicted octanol–water partition coefficient (Wildman–Crippen LogP) is 2.53. The molecule has 140 valence electrons. The van der Waals surface area contributed by atoms with Gasteiger partial charge in [0, 0.05) is 17.2 Å². The number of ether oxygens (including phenoxy) is 3. The number of amides is 1. The Balaban J connectivity index is 1.76. The minimum absolute atomic E-state index is 0.150.